The molecule has 5 heteroatoms. The molecule has 0 atom stereocenters. The summed E-state index contributed by atoms with van der Waals surface area (Å²) >= 11 is 5.91. The van der Waals surface area contributed by atoms with Gasteiger partial charge in [0.1, 0.15) is 0 Å². The molecule has 2 aromatic rings. The first-order valence-corrected chi connectivity index (χ1v) is 8.15. The number of nitrogens with one attached hydrogen (secondary N) is 1. The lowest BCUT2D eigenvalue weighted by molar-refractivity contribution is -0.117. The highest BCUT2D eigenvalue weighted by molar-refractivity contribution is 6.30. The molecular weight excluding hydrogens is 324 g/mol. The molecule has 0 bridgehead atoms. The highest BCUT2D eigenvalue weighted by atomic mass is 35.5. The van der Waals surface area contributed by atoms with Crippen molar-refractivity contribution in [2.75, 3.05) is 16.8 Å². The molecule has 1 N–H and O–H groups in total. The summed E-state index contributed by atoms with van der Waals surface area (Å²) < 4.78 is 0. The first-order valence-electron chi connectivity index (χ1n) is 7.77. The van der Waals surface area contributed by atoms with Crippen molar-refractivity contribution in [3.63, 3.8) is 0 Å². The Morgan fingerprint density at radius 1 is 1.12 bits per heavy atom. The van der Waals surface area contributed by atoms with E-state index in [2.05, 4.69) is 5.32 Å². The van der Waals surface area contributed by atoms with Crippen LogP contribution in [0.2, 0.25) is 5.02 Å². The standard InChI is InChI=1S/C19H21ClN2O2/c1-13-7-8-14(2)18(11-13)22(15(3)23)10-9-19(24)21-17-6-4-5-16(20)12-17/h4-8,11-12H,9-10H2,1-3H3,(H,21,24). The SMILES string of the molecule is CC(=O)N(CCC(=O)Nc1cccc(Cl)c1)c1cc(C)ccc1C. The second-order valence-corrected chi connectivity index (χ2v) is 6.21. The molecule has 0 aliphatic rings. The summed E-state index contributed by atoms with van der Waals surface area (Å²) in [5, 5.41) is 3.36. The number of hydrogen-bond donors (Lipinski definition) is 1. The number of carbonyl (C=O) groups excluding carboxylic acids is 2. The van der Waals surface area contributed by atoms with Crippen molar-refractivity contribution >= 4 is 34.8 Å². The van der Waals surface area contributed by atoms with Crippen molar-refractivity contribution in [1.82, 2.24) is 0 Å². The fourth-order valence-corrected chi connectivity index (χ4v) is 2.65. The number of rotatable bonds is 5. The minimum atomic E-state index is -0.158. The molecule has 0 spiro atoms. The number of anilines is 2. The van der Waals surface area contributed by atoms with Crippen molar-refractivity contribution < 1.29 is 9.59 Å². The van der Waals surface area contributed by atoms with Crippen LogP contribution in [-0.4, -0.2) is 18.4 Å². The molecule has 2 rings (SSSR count). The topological polar surface area (TPSA) is 49.4 Å². The van der Waals surface area contributed by atoms with Crippen LogP contribution in [-0.2, 0) is 9.59 Å². The predicted octanol–water partition coefficient (Wildman–Crippen LogP) is 4.34. The van der Waals surface area contributed by atoms with Gasteiger partial charge in [-0.1, -0.05) is 29.8 Å². The molecule has 24 heavy (non-hydrogen) atoms. The van der Waals surface area contributed by atoms with Crippen LogP contribution in [0.4, 0.5) is 11.4 Å². The number of aryl methyl sites for hydroxylation is 2. The van der Waals surface area contributed by atoms with Gasteiger partial charge in [-0.05, 0) is 49.2 Å². The van der Waals surface area contributed by atoms with Crippen molar-refractivity contribution in [1.29, 1.82) is 0 Å². The molecule has 0 saturated heterocycles. The minimum absolute atomic E-state index is 0.0840. The molecule has 0 aliphatic carbocycles. The molecule has 0 saturated carbocycles. The van der Waals surface area contributed by atoms with E-state index >= 15 is 0 Å². The second kappa shape index (κ2) is 7.97. The zero-order valence-electron chi connectivity index (χ0n) is 14.1. The third kappa shape index (κ3) is 4.83. The van der Waals surface area contributed by atoms with Gasteiger partial charge in [0.15, 0.2) is 0 Å². The van der Waals surface area contributed by atoms with Gasteiger partial charge < -0.3 is 10.2 Å². The average molecular weight is 345 g/mol. The van der Waals surface area contributed by atoms with E-state index < -0.39 is 0 Å². The Morgan fingerprint density at radius 2 is 1.88 bits per heavy atom. The summed E-state index contributed by atoms with van der Waals surface area (Å²) in [5.74, 6) is -0.243. The van der Waals surface area contributed by atoms with E-state index in [0.29, 0.717) is 17.3 Å². The van der Waals surface area contributed by atoms with Crippen molar-refractivity contribution in [3.05, 3.63) is 58.6 Å². The number of amides is 2. The van der Waals surface area contributed by atoms with Gasteiger partial charge in [0.25, 0.3) is 0 Å². The van der Waals surface area contributed by atoms with E-state index in [1.807, 2.05) is 32.0 Å². The van der Waals surface area contributed by atoms with Crippen LogP contribution in [0.5, 0.6) is 0 Å². The number of benzene rings is 2. The van der Waals surface area contributed by atoms with Crippen LogP contribution < -0.4 is 10.2 Å². The maximum Gasteiger partial charge on any atom is 0.226 e. The maximum atomic E-state index is 12.1. The quantitative estimate of drug-likeness (QED) is 0.877. The van der Waals surface area contributed by atoms with Gasteiger partial charge in [-0.3, -0.25) is 9.59 Å². The van der Waals surface area contributed by atoms with Gasteiger partial charge >= 0.3 is 0 Å². The second-order valence-electron chi connectivity index (χ2n) is 5.77. The molecule has 126 valence electrons. The molecule has 0 aromatic heterocycles. The third-order valence-electron chi connectivity index (χ3n) is 3.71. The normalized spacial score (nSPS) is 10.3. The maximum absolute atomic E-state index is 12.1. The van der Waals surface area contributed by atoms with Gasteiger partial charge in [-0.2, -0.15) is 0 Å². The van der Waals surface area contributed by atoms with E-state index in [9.17, 15) is 9.59 Å². The smallest absolute Gasteiger partial charge is 0.226 e. The Bertz CT molecular complexity index is 759. The molecule has 0 aliphatic heterocycles. The predicted molar refractivity (Wildman–Crippen MR) is 98.6 cm³/mol. The van der Waals surface area contributed by atoms with E-state index in [1.54, 1.807) is 29.2 Å². The Kier molecular flexibility index (Phi) is 5.99. The number of halogens is 1. The third-order valence-corrected chi connectivity index (χ3v) is 3.94. The highest BCUT2D eigenvalue weighted by Crippen LogP contribution is 2.22. The van der Waals surface area contributed by atoms with Gasteiger partial charge in [0.2, 0.25) is 11.8 Å². The first-order chi connectivity index (χ1) is 11.4. The largest absolute Gasteiger partial charge is 0.326 e. The molecule has 0 unspecified atom stereocenters. The van der Waals surface area contributed by atoms with Gasteiger partial charge in [-0.15, -0.1) is 0 Å². The molecule has 2 aromatic carbocycles. The van der Waals surface area contributed by atoms with Crippen LogP contribution in [0.25, 0.3) is 0 Å². The summed E-state index contributed by atoms with van der Waals surface area (Å²) in [6, 6.07) is 12.9. The monoisotopic (exact) mass is 344 g/mol. The van der Waals surface area contributed by atoms with Crippen molar-refractivity contribution in [2.24, 2.45) is 0 Å². The lowest BCUT2D eigenvalue weighted by Gasteiger charge is -2.23. The number of carbonyl (C=O) groups is 2. The Labute approximate surface area is 147 Å². The number of nitrogens with zero attached hydrogens (tertiary/aromatic N) is 1. The fraction of sp³-hybridized carbons (Fsp3) is 0.263. The summed E-state index contributed by atoms with van der Waals surface area (Å²) in [5.41, 5.74) is 3.57. The van der Waals surface area contributed by atoms with Crippen LogP contribution in [0.1, 0.15) is 24.5 Å². The fourth-order valence-electron chi connectivity index (χ4n) is 2.46. The zero-order chi connectivity index (χ0) is 17.7. The molecular formula is C19H21ClN2O2. The van der Waals surface area contributed by atoms with Gasteiger partial charge in [0.05, 0.1) is 0 Å². The molecule has 2 amide bonds. The summed E-state index contributed by atoms with van der Waals surface area (Å²) in [6.07, 6.45) is 0.208. The van der Waals surface area contributed by atoms with Crippen LogP contribution in [0, 0.1) is 13.8 Å². The van der Waals surface area contributed by atoms with Crippen LogP contribution >= 0.6 is 11.6 Å². The van der Waals surface area contributed by atoms with Crippen molar-refractivity contribution in [2.45, 2.75) is 27.2 Å². The van der Waals surface area contributed by atoms with Gasteiger partial charge in [-0.25, -0.2) is 0 Å². The molecule has 0 radical (unpaired) electrons. The van der Waals surface area contributed by atoms with E-state index in [0.717, 1.165) is 16.8 Å². The summed E-state index contributed by atoms with van der Waals surface area (Å²) in [4.78, 5) is 25.8. The lowest BCUT2D eigenvalue weighted by Crippen LogP contribution is -2.32. The number of hydrogen-bond acceptors (Lipinski definition) is 2. The lowest BCUT2D eigenvalue weighted by atomic mass is 10.1. The molecule has 0 fully saturated rings. The minimum Gasteiger partial charge on any atom is -0.326 e. The Balaban J connectivity index is 2.05. The van der Waals surface area contributed by atoms with Gasteiger partial charge in [0, 0.05) is 36.3 Å². The Hall–Kier alpha value is -2.33. The molecule has 0 heterocycles. The van der Waals surface area contributed by atoms with Crippen LogP contribution in [0.15, 0.2) is 42.5 Å². The van der Waals surface area contributed by atoms with E-state index in [1.165, 1.54) is 6.92 Å². The highest BCUT2D eigenvalue weighted by Gasteiger charge is 2.15. The van der Waals surface area contributed by atoms with Crippen LogP contribution in [0.3, 0.4) is 0 Å². The zero-order valence-corrected chi connectivity index (χ0v) is 14.9. The Morgan fingerprint density at radius 3 is 2.54 bits per heavy atom. The van der Waals surface area contributed by atoms with E-state index in [-0.39, 0.29) is 18.2 Å². The molecule has 4 nitrogen and oxygen atoms in total. The summed E-state index contributed by atoms with van der Waals surface area (Å²) in [7, 11) is 0. The van der Waals surface area contributed by atoms with E-state index in [4.69, 9.17) is 11.6 Å². The average Bonchev–Trinajstić information content (AvgIpc) is 2.50. The summed E-state index contributed by atoms with van der Waals surface area (Å²) in [6.45, 7) is 5.77. The first kappa shape index (κ1) is 18.0. The van der Waals surface area contributed by atoms with Crippen molar-refractivity contribution in [3.8, 4) is 0 Å².